The van der Waals surface area contributed by atoms with Crippen LogP contribution in [0.25, 0.3) is 0 Å². The molecule has 0 saturated heterocycles. The third-order valence-corrected chi connectivity index (χ3v) is 4.09. The van der Waals surface area contributed by atoms with Crippen LogP contribution in [0.5, 0.6) is 11.5 Å². The summed E-state index contributed by atoms with van der Waals surface area (Å²) in [5, 5.41) is 11.8. The molecule has 0 aromatic heterocycles. The summed E-state index contributed by atoms with van der Waals surface area (Å²) in [4.78, 5) is 13.0. The molecule has 2 rings (SSSR count). The molecule has 0 unspecified atom stereocenters. The Morgan fingerprint density at radius 3 is 2.00 bits per heavy atom. The lowest BCUT2D eigenvalue weighted by Gasteiger charge is -2.23. The van der Waals surface area contributed by atoms with Crippen molar-refractivity contribution in [2.75, 3.05) is 35.1 Å². The molecule has 7 heteroatoms. The van der Waals surface area contributed by atoms with Crippen molar-refractivity contribution in [1.29, 1.82) is 0 Å². The van der Waals surface area contributed by atoms with Gasteiger partial charge in [0, 0.05) is 36.2 Å². The van der Waals surface area contributed by atoms with Crippen LogP contribution in [0, 0.1) is 0 Å². The van der Waals surface area contributed by atoms with Crippen LogP contribution in [0.2, 0.25) is 0 Å². The molecule has 0 aliphatic rings. The van der Waals surface area contributed by atoms with Gasteiger partial charge in [-0.25, -0.2) is 0 Å². The second-order valence-corrected chi connectivity index (χ2v) is 6.45. The molecule has 0 amide bonds. The van der Waals surface area contributed by atoms with Crippen molar-refractivity contribution >= 4 is 40.5 Å². The molecule has 0 spiro atoms. The maximum absolute atomic E-state index is 10.9. The van der Waals surface area contributed by atoms with E-state index >= 15 is 0 Å². The smallest absolute Gasteiger partial charge is 0.325 e. The van der Waals surface area contributed by atoms with E-state index in [0.29, 0.717) is 23.3 Å². The number of halogens is 2. The molecule has 0 bridgehead atoms. The number of nitrogens with zero attached hydrogens (tertiary/aromatic N) is 1. The minimum atomic E-state index is -0.900. The zero-order valence-electron chi connectivity index (χ0n) is 14.5. The van der Waals surface area contributed by atoms with E-state index in [1.165, 1.54) is 0 Å². The highest BCUT2D eigenvalue weighted by Crippen LogP contribution is 2.26. The second kappa shape index (κ2) is 10.1. The Balaban J connectivity index is 1.99. The van der Waals surface area contributed by atoms with Crippen LogP contribution in [0.4, 0.5) is 11.4 Å². The van der Waals surface area contributed by atoms with E-state index < -0.39 is 12.0 Å². The van der Waals surface area contributed by atoms with Gasteiger partial charge in [-0.15, -0.1) is 23.2 Å². The number of hydrogen-bond donors (Lipinski definition) is 2. The SMILES string of the molecule is C[C@H](Nc1ccc(Oc2ccc(N(CCCl)CCCl)cc2)cc1)C(=O)O. The van der Waals surface area contributed by atoms with E-state index in [0.717, 1.165) is 24.5 Å². The Morgan fingerprint density at radius 1 is 1.04 bits per heavy atom. The first-order valence-electron chi connectivity index (χ1n) is 8.27. The topological polar surface area (TPSA) is 61.8 Å². The van der Waals surface area contributed by atoms with E-state index in [2.05, 4.69) is 10.2 Å². The van der Waals surface area contributed by atoms with Crippen LogP contribution < -0.4 is 15.0 Å². The Labute approximate surface area is 163 Å². The normalized spacial score (nSPS) is 11.7. The van der Waals surface area contributed by atoms with Gasteiger partial charge >= 0.3 is 5.97 Å². The summed E-state index contributed by atoms with van der Waals surface area (Å²) in [5.41, 5.74) is 1.77. The molecule has 2 aromatic rings. The first kappa shape index (κ1) is 20.2. The molecule has 0 fully saturated rings. The molecule has 0 aliphatic carbocycles. The van der Waals surface area contributed by atoms with Gasteiger partial charge in [0.2, 0.25) is 0 Å². The van der Waals surface area contributed by atoms with Gasteiger partial charge < -0.3 is 20.1 Å². The number of aliphatic carboxylic acids is 1. The van der Waals surface area contributed by atoms with Gasteiger partial charge in [-0.2, -0.15) is 0 Å². The van der Waals surface area contributed by atoms with Gasteiger partial charge in [0.15, 0.2) is 0 Å². The lowest BCUT2D eigenvalue weighted by atomic mass is 10.2. The third-order valence-electron chi connectivity index (χ3n) is 3.75. The Hall–Kier alpha value is -2.11. The number of hydrogen-bond acceptors (Lipinski definition) is 4. The molecule has 1 atom stereocenters. The lowest BCUT2D eigenvalue weighted by Crippen LogP contribution is -2.27. The average molecular weight is 397 g/mol. The minimum absolute atomic E-state index is 0.538. The number of rotatable bonds is 10. The average Bonchev–Trinajstić information content (AvgIpc) is 2.64. The van der Waals surface area contributed by atoms with Gasteiger partial charge in [-0.05, 0) is 55.5 Å². The van der Waals surface area contributed by atoms with Crippen LogP contribution in [0.3, 0.4) is 0 Å². The van der Waals surface area contributed by atoms with Gasteiger partial charge in [0.25, 0.3) is 0 Å². The number of nitrogens with one attached hydrogen (secondary N) is 1. The molecular formula is C19H22Cl2N2O3. The standard InChI is InChI=1S/C19H22Cl2N2O3/c1-14(19(24)25)22-15-2-6-17(7-3-15)26-18-8-4-16(5-9-18)23(12-10-20)13-11-21/h2-9,14,22H,10-13H2,1H3,(H,24,25)/t14-/m0/s1. The fourth-order valence-electron chi connectivity index (χ4n) is 2.37. The van der Waals surface area contributed by atoms with Gasteiger partial charge in [0.05, 0.1) is 0 Å². The quantitative estimate of drug-likeness (QED) is 0.572. The number of carbonyl (C=O) groups is 1. The highest BCUT2D eigenvalue weighted by molar-refractivity contribution is 6.18. The number of carboxylic acids is 1. The van der Waals surface area contributed by atoms with Crippen molar-refractivity contribution in [3.63, 3.8) is 0 Å². The number of alkyl halides is 2. The molecule has 5 nitrogen and oxygen atoms in total. The molecule has 2 aromatic carbocycles. The highest BCUT2D eigenvalue weighted by atomic mass is 35.5. The maximum atomic E-state index is 10.9. The van der Waals surface area contributed by atoms with Gasteiger partial charge in [-0.1, -0.05) is 0 Å². The largest absolute Gasteiger partial charge is 0.480 e. The first-order valence-corrected chi connectivity index (χ1v) is 9.34. The fourth-order valence-corrected chi connectivity index (χ4v) is 2.77. The van der Waals surface area contributed by atoms with Crippen LogP contribution in [-0.4, -0.2) is 42.0 Å². The van der Waals surface area contributed by atoms with Crippen LogP contribution in [-0.2, 0) is 4.79 Å². The summed E-state index contributed by atoms with van der Waals surface area (Å²) in [6.07, 6.45) is 0. The Bertz CT molecular complexity index is 687. The number of carboxylic acid groups (broad SMARTS) is 1. The predicted octanol–water partition coefficient (Wildman–Crippen LogP) is 4.65. The van der Waals surface area contributed by atoms with Crippen molar-refractivity contribution in [2.24, 2.45) is 0 Å². The van der Waals surface area contributed by atoms with E-state index in [-0.39, 0.29) is 0 Å². The fraction of sp³-hybridized carbons (Fsp3) is 0.316. The van der Waals surface area contributed by atoms with E-state index in [1.54, 1.807) is 31.2 Å². The Morgan fingerprint density at radius 2 is 1.54 bits per heavy atom. The summed E-state index contributed by atoms with van der Waals surface area (Å²) >= 11 is 11.7. The van der Waals surface area contributed by atoms with Crippen molar-refractivity contribution in [2.45, 2.75) is 13.0 Å². The third kappa shape index (κ3) is 6.00. The summed E-state index contributed by atoms with van der Waals surface area (Å²) < 4.78 is 5.83. The lowest BCUT2D eigenvalue weighted by molar-refractivity contribution is -0.137. The van der Waals surface area contributed by atoms with Gasteiger partial charge in [-0.3, -0.25) is 4.79 Å². The summed E-state index contributed by atoms with van der Waals surface area (Å²) in [7, 11) is 0. The highest BCUT2D eigenvalue weighted by Gasteiger charge is 2.10. The molecule has 0 heterocycles. The predicted molar refractivity (Wildman–Crippen MR) is 107 cm³/mol. The summed E-state index contributed by atoms with van der Waals surface area (Å²) in [6.45, 7) is 3.06. The second-order valence-electron chi connectivity index (χ2n) is 5.69. The van der Waals surface area contributed by atoms with E-state index in [1.807, 2.05) is 24.3 Å². The first-order chi connectivity index (χ1) is 12.5. The molecule has 0 radical (unpaired) electrons. The molecular weight excluding hydrogens is 375 g/mol. The molecule has 2 N–H and O–H groups in total. The number of ether oxygens (including phenoxy) is 1. The van der Waals surface area contributed by atoms with Crippen LogP contribution in [0.15, 0.2) is 48.5 Å². The van der Waals surface area contributed by atoms with Crippen LogP contribution in [0.1, 0.15) is 6.92 Å². The zero-order valence-corrected chi connectivity index (χ0v) is 16.0. The van der Waals surface area contributed by atoms with Crippen molar-refractivity contribution in [3.05, 3.63) is 48.5 Å². The zero-order chi connectivity index (χ0) is 18.9. The minimum Gasteiger partial charge on any atom is -0.480 e. The van der Waals surface area contributed by atoms with Crippen LogP contribution >= 0.6 is 23.2 Å². The van der Waals surface area contributed by atoms with Crippen molar-refractivity contribution in [1.82, 2.24) is 0 Å². The van der Waals surface area contributed by atoms with Crippen molar-refractivity contribution in [3.8, 4) is 11.5 Å². The molecule has 0 saturated carbocycles. The summed E-state index contributed by atoms with van der Waals surface area (Å²) in [6, 6.07) is 14.2. The summed E-state index contributed by atoms with van der Waals surface area (Å²) in [5.74, 6) is 1.56. The number of benzene rings is 2. The molecule has 140 valence electrons. The van der Waals surface area contributed by atoms with E-state index in [9.17, 15) is 4.79 Å². The maximum Gasteiger partial charge on any atom is 0.325 e. The molecule has 26 heavy (non-hydrogen) atoms. The Kier molecular flexibility index (Phi) is 7.88. The van der Waals surface area contributed by atoms with Crippen molar-refractivity contribution < 1.29 is 14.6 Å². The van der Waals surface area contributed by atoms with E-state index in [4.69, 9.17) is 33.0 Å². The number of anilines is 2. The molecule has 0 aliphatic heterocycles. The monoisotopic (exact) mass is 396 g/mol. The van der Waals surface area contributed by atoms with Gasteiger partial charge in [0.1, 0.15) is 17.5 Å².